The summed E-state index contributed by atoms with van der Waals surface area (Å²) in [6, 6.07) is 6.19. The predicted molar refractivity (Wildman–Crippen MR) is 88.9 cm³/mol. The smallest absolute Gasteiger partial charge is 0.0727 e. The molecule has 1 aliphatic carbocycles. The van der Waals surface area contributed by atoms with Crippen molar-refractivity contribution >= 4 is 22.3 Å². The van der Waals surface area contributed by atoms with Gasteiger partial charge in [0.2, 0.25) is 0 Å². The highest BCUT2D eigenvalue weighted by Crippen LogP contribution is 2.37. The highest BCUT2D eigenvalue weighted by molar-refractivity contribution is 5.96. The Bertz CT molecular complexity index is 672. The number of rotatable bonds is 1. The number of pyridine rings is 1. The summed E-state index contributed by atoms with van der Waals surface area (Å²) in [7, 11) is 0. The summed E-state index contributed by atoms with van der Waals surface area (Å²) < 4.78 is 0. The minimum Gasteiger partial charge on any atom is -0.399 e. The molecule has 2 aliphatic rings. The standard InChI is InChI=1S/C18H23N3/c19-13-8-9-17-15(12-13)18(21-10-4-1-5-11-21)14-6-2-3-7-16(14)20-17/h8-9,12H,1-7,10-11,19H2. The van der Waals surface area contributed by atoms with Crippen LogP contribution < -0.4 is 10.6 Å². The van der Waals surface area contributed by atoms with E-state index in [1.54, 1.807) is 0 Å². The van der Waals surface area contributed by atoms with Crippen LogP contribution in [0.25, 0.3) is 10.9 Å². The number of nitrogen functional groups attached to an aromatic ring is 1. The van der Waals surface area contributed by atoms with E-state index >= 15 is 0 Å². The molecule has 110 valence electrons. The van der Waals surface area contributed by atoms with Crippen LogP contribution in [0.15, 0.2) is 18.2 Å². The Labute approximate surface area is 126 Å². The van der Waals surface area contributed by atoms with Crippen LogP contribution in [-0.4, -0.2) is 18.1 Å². The third kappa shape index (κ3) is 2.25. The van der Waals surface area contributed by atoms with E-state index in [2.05, 4.69) is 17.0 Å². The Hall–Kier alpha value is -1.77. The van der Waals surface area contributed by atoms with Gasteiger partial charge in [-0.3, -0.25) is 4.98 Å². The molecule has 1 aromatic carbocycles. The fraction of sp³-hybridized carbons (Fsp3) is 0.500. The molecule has 0 amide bonds. The third-order valence-electron chi connectivity index (χ3n) is 4.93. The van der Waals surface area contributed by atoms with Gasteiger partial charge in [-0.05, 0) is 68.7 Å². The molecule has 0 saturated carbocycles. The second kappa shape index (κ2) is 5.21. The highest BCUT2D eigenvalue weighted by atomic mass is 15.1. The Morgan fingerprint density at radius 3 is 2.62 bits per heavy atom. The molecule has 2 heterocycles. The zero-order chi connectivity index (χ0) is 14.2. The van der Waals surface area contributed by atoms with E-state index in [0.29, 0.717) is 0 Å². The average molecular weight is 281 g/mol. The summed E-state index contributed by atoms with van der Waals surface area (Å²) in [5, 5.41) is 1.26. The number of anilines is 2. The van der Waals surface area contributed by atoms with Gasteiger partial charge in [0.25, 0.3) is 0 Å². The fourth-order valence-corrected chi connectivity index (χ4v) is 3.90. The van der Waals surface area contributed by atoms with Crippen LogP contribution in [0.5, 0.6) is 0 Å². The number of nitrogens with zero attached hydrogens (tertiary/aromatic N) is 2. The Kier molecular flexibility index (Phi) is 3.21. The van der Waals surface area contributed by atoms with Crippen LogP contribution in [0.3, 0.4) is 0 Å². The van der Waals surface area contributed by atoms with Crippen molar-refractivity contribution in [1.82, 2.24) is 4.98 Å². The second-order valence-corrected chi connectivity index (χ2v) is 6.42. The molecular formula is C18H23N3. The van der Waals surface area contributed by atoms with Crippen LogP contribution >= 0.6 is 0 Å². The molecule has 0 spiro atoms. The van der Waals surface area contributed by atoms with Crippen LogP contribution in [0.4, 0.5) is 11.4 Å². The molecule has 2 aromatic rings. The van der Waals surface area contributed by atoms with Gasteiger partial charge in [0.15, 0.2) is 0 Å². The summed E-state index contributed by atoms with van der Waals surface area (Å²) in [6.45, 7) is 2.36. The van der Waals surface area contributed by atoms with Crippen molar-refractivity contribution in [2.24, 2.45) is 0 Å². The summed E-state index contributed by atoms with van der Waals surface area (Å²) in [5.74, 6) is 0. The zero-order valence-corrected chi connectivity index (χ0v) is 12.6. The second-order valence-electron chi connectivity index (χ2n) is 6.42. The number of piperidine rings is 1. The molecule has 21 heavy (non-hydrogen) atoms. The minimum absolute atomic E-state index is 0.846. The lowest BCUT2D eigenvalue weighted by Crippen LogP contribution is -2.31. The van der Waals surface area contributed by atoms with Crippen molar-refractivity contribution in [3.63, 3.8) is 0 Å². The minimum atomic E-state index is 0.846. The monoisotopic (exact) mass is 281 g/mol. The first-order valence-corrected chi connectivity index (χ1v) is 8.29. The molecule has 1 fully saturated rings. The maximum atomic E-state index is 6.05. The van der Waals surface area contributed by atoms with E-state index in [4.69, 9.17) is 10.7 Å². The Balaban J connectivity index is 1.96. The number of fused-ring (bicyclic) bond motifs is 2. The van der Waals surface area contributed by atoms with Crippen molar-refractivity contribution in [1.29, 1.82) is 0 Å². The quantitative estimate of drug-likeness (QED) is 0.811. The molecule has 2 N–H and O–H groups in total. The third-order valence-corrected chi connectivity index (χ3v) is 4.93. The van der Waals surface area contributed by atoms with Crippen molar-refractivity contribution in [3.05, 3.63) is 29.5 Å². The summed E-state index contributed by atoms with van der Waals surface area (Å²) in [5.41, 5.74) is 12.3. The van der Waals surface area contributed by atoms with Gasteiger partial charge in [-0.1, -0.05) is 0 Å². The van der Waals surface area contributed by atoms with Crippen molar-refractivity contribution in [2.45, 2.75) is 44.9 Å². The molecule has 0 atom stereocenters. The first kappa shape index (κ1) is 12.9. The Morgan fingerprint density at radius 1 is 0.952 bits per heavy atom. The fourth-order valence-electron chi connectivity index (χ4n) is 3.90. The maximum Gasteiger partial charge on any atom is 0.0727 e. The predicted octanol–water partition coefficient (Wildman–Crippen LogP) is 3.69. The summed E-state index contributed by atoms with van der Waals surface area (Å²) in [4.78, 5) is 7.52. The van der Waals surface area contributed by atoms with Crippen molar-refractivity contribution < 1.29 is 0 Å². The van der Waals surface area contributed by atoms with Crippen LogP contribution in [0, 0.1) is 0 Å². The molecule has 3 nitrogen and oxygen atoms in total. The molecule has 3 heteroatoms. The van der Waals surface area contributed by atoms with Gasteiger partial charge in [0.1, 0.15) is 0 Å². The van der Waals surface area contributed by atoms with Gasteiger partial charge in [0.05, 0.1) is 11.2 Å². The lowest BCUT2D eigenvalue weighted by atomic mass is 9.91. The van der Waals surface area contributed by atoms with Gasteiger partial charge >= 0.3 is 0 Å². The molecule has 1 aromatic heterocycles. The molecule has 0 radical (unpaired) electrons. The number of hydrogen-bond acceptors (Lipinski definition) is 3. The normalized spacial score (nSPS) is 18.8. The van der Waals surface area contributed by atoms with E-state index in [0.717, 1.165) is 17.6 Å². The van der Waals surface area contributed by atoms with Gasteiger partial charge in [-0.2, -0.15) is 0 Å². The van der Waals surface area contributed by atoms with E-state index in [1.807, 2.05) is 6.07 Å². The molecule has 0 bridgehead atoms. The lowest BCUT2D eigenvalue weighted by molar-refractivity contribution is 0.573. The van der Waals surface area contributed by atoms with Crippen LogP contribution in [0.2, 0.25) is 0 Å². The molecule has 0 unspecified atom stereocenters. The van der Waals surface area contributed by atoms with E-state index in [-0.39, 0.29) is 0 Å². The first-order chi connectivity index (χ1) is 10.3. The van der Waals surface area contributed by atoms with E-state index in [9.17, 15) is 0 Å². The average Bonchev–Trinajstić information content (AvgIpc) is 2.53. The van der Waals surface area contributed by atoms with E-state index in [1.165, 1.54) is 73.9 Å². The summed E-state index contributed by atoms with van der Waals surface area (Å²) >= 11 is 0. The maximum absolute atomic E-state index is 6.05. The van der Waals surface area contributed by atoms with Crippen molar-refractivity contribution in [2.75, 3.05) is 23.7 Å². The lowest BCUT2D eigenvalue weighted by Gasteiger charge is -2.33. The number of nitrogens with two attached hydrogens (primary N) is 1. The first-order valence-electron chi connectivity index (χ1n) is 8.29. The van der Waals surface area contributed by atoms with Gasteiger partial charge in [-0.25, -0.2) is 0 Å². The van der Waals surface area contributed by atoms with Crippen LogP contribution in [-0.2, 0) is 12.8 Å². The number of benzene rings is 1. The SMILES string of the molecule is Nc1ccc2nc3c(c(N4CCCCC4)c2c1)CCCC3. The van der Waals surface area contributed by atoms with Gasteiger partial charge < -0.3 is 10.6 Å². The van der Waals surface area contributed by atoms with E-state index < -0.39 is 0 Å². The molecule has 1 aliphatic heterocycles. The number of aromatic nitrogens is 1. The molecular weight excluding hydrogens is 258 g/mol. The van der Waals surface area contributed by atoms with Gasteiger partial charge in [-0.15, -0.1) is 0 Å². The van der Waals surface area contributed by atoms with Gasteiger partial charge in [0, 0.05) is 29.9 Å². The molecule has 4 rings (SSSR count). The topological polar surface area (TPSA) is 42.1 Å². The Morgan fingerprint density at radius 2 is 1.76 bits per heavy atom. The largest absolute Gasteiger partial charge is 0.399 e. The highest BCUT2D eigenvalue weighted by Gasteiger charge is 2.23. The van der Waals surface area contributed by atoms with Crippen LogP contribution in [0.1, 0.15) is 43.4 Å². The summed E-state index contributed by atoms with van der Waals surface area (Å²) in [6.07, 6.45) is 8.87. The molecule has 1 saturated heterocycles. The number of hydrogen-bond donors (Lipinski definition) is 1. The number of aryl methyl sites for hydroxylation is 1. The zero-order valence-electron chi connectivity index (χ0n) is 12.6. The van der Waals surface area contributed by atoms with Crippen molar-refractivity contribution in [3.8, 4) is 0 Å².